The summed E-state index contributed by atoms with van der Waals surface area (Å²) in [6.45, 7) is 5.42. The summed E-state index contributed by atoms with van der Waals surface area (Å²) in [5.41, 5.74) is 0. The van der Waals surface area contributed by atoms with Crippen LogP contribution in [0, 0.1) is 5.92 Å². The van der Waals surface area contributed by atoms with Gasteiger partial charge in [0.25, 0.3) is 0 Å². The lowest BCUT2D eigenvalue weighted by atomic mass is 9.94. The van der Waals surface area contributed by atoms with E-state index in [0.29, 0.717) is 12.5 Å². The molecule has 1 N–H and O–H groups in total. The lowest BCUT2D eigenvalue weighted by Gasteiger charge is -2.26. The van der Waals surface area contributed by atoms with Crippen LogP contribution >= 0.6 is 12.4 Å². The van der Waals surface area contributed by atoms with E-state index in [0.717, 1.165) is 19.4 Å². The second kappa shape index (κ2) is 6.22. The minimum atomic E-state index is -0.0935. The number of carbonyl (C=O) groups excluding carboxylic acids is 1. The van der Waals surface area contributed by atoms with Crippen LogP contribution in [0.1, 0.15) is 26.7 Å². The summed E-state index contributed by atoms with van der Waals surface area (Å²) < 4.78 is 4.93. The van der Waals surface area contributed by atoms with Crippen molar-refractivity contribution < 1.29 is 9.53 Å². The maximum absolute atomic E-state index is 11.3. The number of piperidine rings is 1. The highest BCUT2D eigenvalue weighted by Gasteiger charge is 2.25. The molecule has 13 heavy (non-hydrogen) atoms. The molecule has 2 unspecified atom stereocenters. The first-order valence-electron chi connectivity index (χ1n) is 4.64. The fourth-order valence-electron chi connectivity index (χ4n) is 1.53. The van der Waals surface area contributed by atoms with E-state index in [1.165, 1.54) is 0 Å². The average Bonchev–Trinajstić information content (AvgIpc) is 2.05. The zero-order valence-electron chi connectivity index (χ0n) is 8.21. The van der Waals surface area contributed by atoms with Gasteiger partial charge in [-0.15, -0.1) is 12.4 Å². The molecule has 1 fully saturated rings. The van der Waals surface area contributed by atoms with Crippen molar-refractivity contribution in [2.45, 2.75) is 32.7 Å². The van der Waals surface area contributed by atoms with Crippen LogP contribution < -0.4 is 5.32 Å². The fourth-order valence-corrected chi connectivity index (χ4v) is 1.53. The van der Waals surface area contributed by atoms with E-state index in [2.05, 4.69) is 12.2 Å². The van der Waals surface area contributed by atoms with Crippen LogP contribution in [0.2, 0.25) is 0 Å². The van der Waals surface area contributed by atoms with Crippen molar-refractivity contribution in [2.75, 3.05) is 13.2 Å². The third kappa shape index (κ3) is 3.96. The molecule has 0 spiro atoms. The molecule has 0 aromatic carbocycles. The average molecular weight is 208 g/mol. The Hall–Kier alpha value is -0.280. The minimum absolute atomic E-state index is 0. The van der Waals surface area contributed by atoms with E-state index in [1.54, 1.807) is 0 Å². The van der Waals surface area contributed by atoms with Gasteiger partial charge in [0, 0.05) is 0 Å². The molecule has 1 heterocycles. The van der Waals surface area contributed by atoms with Crippen molar-refractivity contribution in [3.63, 3.8) is 0 Å². The van der Waals surface area contributed by atoms with E-state index in [1.807, 2.05) is 6.92 Å². The van der Waals surface area contributed by atoms with E-state index in [9.17, 15) is 4.79 Å². The Balaban J connectivity index is 0.00000144. The molecule has 0 amide bonds. The van der Waals surface area contributed by atoms with Crippen molar-refractivity contribution in [1.29, 1.82) is 0 Å². The van der Waals surface area contributed by atoms with Crippen molar-refractivity contribution in [2.24, 2.45) is 5.92 Å². The van der Waals surface area contributed by atoms with Gasteiger partial charge in [-0.2, -0.15) is 0 Å². The monoisotopic (exact) mass is 207 g/mol. The largest absolute Gasteiger partial charge is 0.465 e. The van der Waals surface area contributed by atoms with Crippen molar-refractivity contribution in [3.8, 4) is 0 Å². The predicted octanol–water partition coefficient (Wildman–Crippen LogP) is 1.36. The Morgan fingerprint density at radius 1 is 1.62 bits per heavy atom. The number of rotatable bonds is 2. The van der Waals surface area contributed by atoms with Gasteiger partial charge >= 0.3 is 5.97 Å². The van der Waals surface area contributed by atoms with Gasteiger partial charge in [0.15, 0.2) is 0 Å². The molecule has 1 saturated heterocycles. The van der Waals surface area contributed by atoms with Gasteiger partial charge in [-0.25, -0.2) is 0 Å². The number of esters is 1. The summed E-state index contributed by atoms with van der Waals surface area (Å²) in [5, 5.41) is 3.16. The quantitative estimate of drug-likeness (QED) is 0.695. The molecule has 0 aliphatic carbocycles. The first-order valence-corrected chi connectivity index (χ1v) is 4.64. The summed E-state index contributed by atoms with van der Waals surface area (Å²) in [6.07, 6.45) is 2.08. The summed E-state index contributed by atoms with van der Waals surface area (Å²) in [5.74, 6) is 0.546. The maximum Gasteiger partial charge on any atom is 0.323 e. The van der Waals surface area contributed by atoms with Gasteiger partial charge in [-0.3, -0.25) is 4.79 Å². The Morgan fingerprint density at radius 3 is 2.85 bits per heavy atom. The molecule has 4 heteroatoms. The number of ether oxygens (including phenoxy) is 1. The number of hydrogen-bond donors (Lipinski definition) is 1. The smallest absolute Gasteiger partial charge is 0.323 e. The molecular formula is C9H18ClNO2. The molecule has 1 aliphatic heterocycles. The van der Waals surface area contributed by atoms with Gasteiger partial charge in [-0.1, -0.05) is 6.92 Å². The standard InChI is InChI=1S/C9H17NO2.ClH/c1-3-12-9(11)8-6-7(2)4-5-10-8;/h7-8,10H,3-6H2,1-2H3;1H. The van der Waals surface area contributed by atoms with Crippen LogP contribution in [-0.2, 0) is 9.53 Å². The van der Waals surface area contributed by atoms with Crippen molar-refractivity contribution in [3.05, 3.63) is 0 Å². The Kier molecular flexibility index (Phi) is 6.08. The normalized spacial score (nSPS) is 27.5. The predicted molar refractivity (Wildman–Crippen MR) is 54.1 cm³/mol. The minimum Gasteiger partial charge on any atom is -0.465 e. The highest BCUT2D eigenvalue weighted by molar-refractivity contribution is 5.85. The topological polar surface area (TPSA) is 38.3 Å². The highest BCUT2D eigenvalue weighted by atomic mass is 35.5. The number of hydrogen-bond acceptors (Lipinski definition) is 3. The molecule has 0 radical (unpaired) electrons. The summed E-state index contributed by atoms with van der Waals surface area (Å²) in [7, 11) is 0. The Labute approximate surface area is 85.6 Å². The summed E-state index contributed by atoms with van der Waals surface area (Å²) in [4.78, 5) is 11.3. The van der Waals surface area contributed by atoms with Crippen LogP contribution in [0.4, 0.5) is 0 Å². The van der Waals surface area contributed by atoms with Crippen LogP contribution in [0.5, 0.6) is 0 Å². The van der Waals surface area contributed by atoms with Crippen LogP contribution in [0.25, 0.3) is 0 Å². The van der Waals surface area contributed by atoms with Gasteiger partial charge < -0.3 is 10.1 Å². The second-order valence-corrected chi connectivity index (χ2v) is 3.39. The number of halogens is 1. The third-order valence-corrected chi connectivity index (χ3v) is 2.24. The molecular weight excluding hydrogens is 190 g/mol. The van der Waals surface area contributed by atoms with Gasteiger partial charge in [0.1, 0.15) is 6.04 Å². The molecule has 0 aromatic heterocycles. The first kappa shape index (κ1) is 12.7. The molecule has 78 valence electrons. The zero-order chi connectivity index (χ0) is 8.97. The zero-order valence-corrected chi connectivity index (χ0v) is 9.02. The summed E-state index contributed by atoms with van der Waals surface area (Å²) >= 11 is 0. The molecule has 3 nitrogen and oxygen atoms in total. The molecule has 1 rings (SSSR count). The summed E-state index contributed by atoms with van der Waals surface area (Å²) in [6, 6.07) is -0.0614. The van der Waals surface area contributed by atoms with Crippen LogP contribution in [0.3, 0.4) is 0 Å². The van der Waals surface area contributed by atoms with Gasteiger partial charge in [-0.05, 0) is 32.2 Å². The molecule has 2 atom stereocenters. The molecule has 0 saturated carbocycles. The number of nitrogens with one attached hydrogen (secondary N) is 1. The molecule has 1 aliphatic rings. The molecule has 0 bridgehead atoms. The lowest BCUT2D eigenvalue weighted by Crippen LogP contribution is -2.43. The SMILES string of the molecule is CCOC(=O)C1CC(C)CCN1.Cl. The molecule has 0 aromatic rings. The Bertz CT molecular complexity index is 164. The maximum atomic E-state index is 11.3. The first-order chi connectivity index (χ1) is 5.74. The van der Waals surface area contributed by atoms with Crippen molar-refractivity contribution >= 4 is 18.4 Å². The van der Waals surface area contributed by atoms with E-state index in [4.69, 9.17) is 4.74 Å². The number of carbonyl (C=O) groups is 1. The Morgan fingerprint density at radius 2 is 2.31 bits per heavy atom. The van der Waals surface area contributed by atoms with E-state index < -0.39 is 0 Å². The van der Waals surface area contributed by atoms with Crippen molar-refractivity contribution in [1.82, 2.24) is 5.32 Å². The van der Waals surface area contributed by atoms with Crippen LogP contribution in [0.15, 0.2) is 0 Å². The van der Waals surface area contributed by atoms with Crippen LogP contribution in [-0.4, -0.2) is 25.2 Å². The third-order valence-electron chi connectivity index (χ3n) is 2.24. The van der Waals surface area contributed by atoms with E-state index in [-0.39, 0.29) is 24.4 Å². The fraction of sp³-hybridized carbons (Fsp3) is 0.889. The van der Waals surface area contributed by atoms with Gasteiger partial charge in [0.05, 0.1) is 6.61 Å². The second-order valence-electron chi connectivity index (χ2n) is 3.39. The highest BCUT2D eigenvalue weighted by Crippen LogP contribution is 2.15. The van der Waals surface area contributed by atoms with Gasteiger partial charge in [0.2, 0.25) is 0 Å². The lowest BCUT2D eigenvalue weighted by molar-refractivity contribution is -0.146. The van der Waals surface area contributed by atoms with E-state index >= 15 is 0 Å².